The van der Waals surface area contributed by atoms with Gasteiger partial charge in [0.25, 0.3) is 5.91 Å². The Hall–Kier alpha value is -1.31. The molecule has 2 aromatic rings. The van der Waals surface area contributed by atoms with E-state index in [0.717, 1.165) is 4.47 Å². The molecule has 1 amide bonds. The molecule has 7 heteroatoms. The monoisotopic (exact) mass is 430 g/mol. The number of hydrogen-bond acceptors (Lipinski definition) is 2. The minimum atomic E-state index is -0.615. The van der Waals surface area contributed by atoms with Crippen LogP contribution in [0.3, 0.4) is 0 Å². The lowest BCUT2D eigenvalue weighted by molar-refractivity contribution is 0.102. The topological polar surface area (TPSA) is 55.1 Å². The van der Waals surface area contributed by atoms with Gasteiger partial charge in [0.1, 0.15) is 10.8 Å². The number of anilines is 1. The predicted molar refractivity (Wildman–Crippen MR) is 92.1 cm³/mol. The van der Waals surface area contributed by atoms with Crippen LogP contribution in [0.25, 0.3) is 0 Å². The second-order valence-corrected chi connectivity index (χ2v) is 6.40. The summed E-state index contributed by atoms with van der Waals surface area (Å²) < 4.78 is 15.1. The van der Waals surface area contributed by atoms with E-state index in [2.05, 4.69) is 37.2 Å². The highest BCUT2D eigenvalue weighted by Gasteiger charge is 2.15. The van der Waals surface area contributed by atoms with Gasteiger partial charge in [0.2, 0.25) is 0 Å². The van der Waals surface area contributed by atoms with E-state index in [0.29, 0.717) is 15.7 Å². The minimum Gasteiger partial charge on any atom is -0.389 e. The van der Waals surface area contributed by atoms with Gasteiger partial charge in [-0.3, -0.25) is 4.79 Å². The molecule has 3 nitrogen and oxygen atoms in total. The fraction of sp³-hybridized carbons (Fsp3) is 0. The molecular formula is C14H9Br2FN2OS. The molecule has 0 aliphatic carbocycles. The normalized spacial score (nSPS) is 10.2. The van der Waals surface area contributed by atoms with E-state index in [1.165, 1.54) is 12.1 Å². The van der Waals surface area contributed by atoms with Crippen LogP contribution in [0.15, 0.2) is 45.3 Å². The van der Waals surface area contributed by atoms with Gasteiger partial charge in [-0.05, 0) is 36.4 Å². The number of carbonyl (C=O) groups is 1. The Labute approximate surface area is 143 Å². The molecule has 2 rings (SSSR count). The van der Waals surface area contributed by atoms with Crippen LogP contribution >= 0.6 is 44.1 Å². The molecule has 0 spiro atoms. The zero-order valence-corrected chi connectivity index (χ0v) is 14.5. The standard InChI is InChI=1S/C14H9Br2FN2OS/c15-7-2-4-12(10(5-7)13(18)21)19-14(20)9-3-1-8(16)6-11(9)17/h1-6H,(H2,18,21)(H,19,20). The lowest BCUT2D eigenvalue weighted by Crippen LogP contribution is -2.18. The van der Waals surface area contributed by atoms with E-state index in [9.17, 15) is 9.18 Å². The lowest BCUT2D eigenvalue weighted by atomic mass is 10.1. The van der Waals surface area contributed by atoms with Crippen molar-refractivity contribution in [3.63, 3.8) is 0 Å². The van der Waals surface area contributed by atoms with Crippen molar-refractivity contribution in [1.29, 1.82) is 0 Å². The molecular weight excluding hydrogens is 423 g/mol. The van der Waals surface area contributed by atoms with E-state index in [1.807, 2.05) is 0 Å². The van der Waals surface area contributed by atoms with Crippen molar-refractivity contribution in [2.75, 3.05) is 5.32 Å². The number of rotatable bonds is 3. The van der Waals surface area contributed by atoms with Crippen LogP contribution < -0.4 is 11.1 Å². The molecule has 0 aliphatic heterocycles. The van der Waals surface area contributed by atoms with Gasteiger partial charge < -0.3 is 11.1 Å². The Morgan fingerprint density at radius 3 is 2.33 bits per heavy atom. The summed E-state index contributed by atoms with van der Waals surface area (Å²) in [5.41, 5.74) is 6.50. The lowest BCUT2D eigenvalue weighted by Gasteiger charge is -2.11. The molecule has 3 N–H and O–H groups in total. The van der Waals surface area contributed by atoms with E-state index < -0.39 is 11.7 Å². The summed E-state index contributed by atoms with van der Waals surface area (Å²) in [6.07, 6.45) is 0. The minimum absolute atomic E-state index is 0.0602. The summed E-state index contributed by atoms with van der Waals surface area (Å²) in [5, 5.41) is 2.61. The van der Waals surface area contributed by atoms with Crippen LogP contribution in [0.1, 0.15) is 15.9 Å². The molecule has 0 saturated heterocycles. The largest absolute Gasteiger partial charge is 0.389 e. The third-order valence-electron chi connectivity index (χ3n) is 2.67. The van der Waals surface area contributed by atoms with Gasteiger partial charge in [0, 0.05) is 14.5 Å². The smallest absolute Gasteiger partial charge is 0.258 e. The van der Waals surface area contributed by atoms with E-state index in [-0.39, 0.29) is 10.6 Å². The van der Waals surface area contributed by atoms with Gasteiger partial charge in [0.05, 0.1) is 11.3 Å². The van der Waals surface area contributed by atoms with Gasteiger partial charge in [0.15, 0.2) is 0 Å². The molecule has 108 valence electrons. The first-order valence-corrected chi connectivity index (χ1v) is 7.73. The zero-order valence-electron chi connectivity index (χ0n) is 10.5. The Kier molecular flexibility index (Phi) is 5.08. The highest BCUT2D eigenvalue weighted by molar-refractivity contribution is 9.10. The second-order valence-electron chi connectivity index (χ2n) is 4.13. The first-order valence-electron chi connectivity index (χ1n) is 5.74. The molecule has 21 heavy (non-hydrogen) atoms. The average molecular weight is 432 g/mol. The summed E-state index contributed by atoms with van der Waals surface area (Å²) >= 11 is 11.4. The average Bonchev–Trinajstić information content (AvgIpc) is 2.40. The van der Waals surface area contributed by atoms with E-state index >= 15 is 0 Å². The summed E-state index contributed by atoms with van der Waals surface area (Å²) in [5.74, 6) is -1.18. The Balaban J connectivity index is 2.34. The van der Waals surface area contributed by atoms with Gasteiger partial charge in [-0.25, -0.2) is 4.39 Å². The summed E-state index contributed by atoms with van der Waals surface area (Å²) in [6, 6.07) is 9.28. The first-order chi connectivity index (χ1) is 9.88. The van der Waals surface area contributed by atoms with Crippen molar-refractivity contribution in [2.45, 2.75) is 0 Å². The maximum Gasteiger partial charge on any atom is 0.258 e. The molecule has 0 aromatic heterocycles. The van der Waals surface area contributed by atoms with Gasteiger partial charge in [-0.2, -0.15) is 0 Å². The van der Waals surface area contributed by atoms with Gasteiger partial charge in [-0.1, -0.05) is 44.1 Å². The molecule has 0 atom stereocenters. The highest BCUT2D eigenvalue weighted by Crippen LogP contribution is 2.23. The zero-order chi connectivity index (χ0) is 15.6. The summed E-state index contributed by atoms with van der Waals surface area (Å²) in [7, 11) is 0. The van der Waals surface area contributed by atoms with Gasteiger partial charge in [-0.15, -0.1) is 0 Å². The molecule has 0 unspecified atom stereocenters. The molecule has 0 saturated carbocycles. The summed E-state index contributed by atoms with van der Waals surface area (Å²) in [6.45, 7) is 0. The number of hydrogen-bond donors (Lipinski definition) is 2. The van der Waals surface area contributed by atoms with Crippen molar-refractivity contribution in [2.24, 2.45) is 5.73 Å². The molecule has 0 radical (unpaired) electrons. The Morgan fingerprint density at radius 1 is 1.10 bits per heavy atom. The van der Waals surface area contributed by atoms with Crippen molar-refractivity contribution >= 4 is 60.7 Å². The summed E-state index contributed by atoms with van der Waals surface area (Å²) in [4.78, 5) is 12.3. The molecule has 2 aromatic carbocycles. The highest BCUT2D eigenvalue weighted by atomic mass is 79.9. The SMILES string of the molecule is NC(=S)c1cc(Br)ccc1NC(=O)c1ccc(Br)cc1F. The molecule has 0 fully saturated rings. The van der Waals surface area contributed by atoms with Crippen LogP contribution in [0, 0.1) is 5.82 Å². The third kappa shape index (κ3) is 3.87. The molecule has 0 heterocycles. The fourth-order valence-corrected chi connectivity index (χ4v) is 2.56. The second kappa shape index (κ2) is 6.64. The number of halogens is 3. The quantitative estimate of drug-likeness (QED) is 0.714. The van der Waals surface area contributed by atoms with Gasteiger partial charge >= 0.3 is 0 Å². The van der Waals surface area contributed by atoms with Crippen molar-refractivity contribution in [3.05, 3.63) is 62.3 Å². The predicted octanol–water partition coefficient (Wildman–Crippen LogP) is 4.24. The maximum absolute atomic E-state index is 13.8. The number of carbonyl (C=O) groups excluding carboxylic acids is 1. The van der Waals surface area contributed by atoms with Crippen LogP contribution in [-0.2, 0) is 0 Å². The third-order valence-corrected chi connectivity index (χ3v) is 3.88. The van der Waals surface area contributed by atoms with Crippen LogP contribution in [0.5, 0.6) is 0 Å². The number of nitrogens with one attached hydrogen (secondary N) is 1. The van der Waals surface area contributed by atoms with Crippen LogP contribution in [0.2, 0.25) is 0 Å². The molecule has 0 aliphatic rings. The van der Waals surface area contributed by atoms with Crippen molar-refractivity contribution in [3.8, 4) is 0 Å². The van der Waals surface area contributed by atoms with Crippen LogP contribution in [0.4, 0.5) is 10.1 Å². The molecule has 0 bridgehead atoms. The number of thiocarbonyl (C=S) groups is 1. The Morgan fingerprint density at radius 2 is 1.71 bits per heavy atom. The van der Waals surface area contributed by atoms with E-state index in [4.69, 9.17) is 18.0 Å². The van der Waals surface area contributed by atoms with Crippen molar-refractivity contribution < 1.29 is 9.18 Å². The number of nitrogens with two attached hydrogens (primary N) is 1. The fourth-order valence-electron chi connectivity index (χ4n) is 1.69. The van der Waals surface area contributed by atoms with Crippen LogP contribution in [-0.4, -0.2) is 10.9 Å². The number of benzene rings is 2. The first kappa shape index (κ1) is 16.1. The maximum atomic E-state index is 13.8. The van der Waals surface area contributed by atoms with E-state index in [1.54, 1.807) is 24.3 Å². The number of amides is 1. The van der Waals surface area contributed by atoms with Crippen molar-refractivity contribution in [1.82, 2.24) is 0 Å². The Bertz CT molecular complexity index is 737.